The average Bonchev–Trinajstić information content (AvgIpc) is 3.35. The normalized spacial score (nSPS) is 14.5. The number of thiazole rings is 1. The lowest BCUT2D eigenvalue weighted by molar-refractivity contribution is -0.384. The smallest absolute Gasteiger partial charge is 0.338 e. The molecule has 0 spiro atoms. The zero-order valence-corrected chi connectivity index (χ0v) is 26.0. The number of aromatic nitrogens is 1. The van der Waals surface area contributed by atoms with Crippen LogP contribution in [0.25, 0.3) is 6.08 Å². The van der Waals surface area contributed by atoms with Crippen LogP contribution in [-0.4, -0.2) is 29.2 Å². The number of carbonyl (C=O) groups excluding carboxylic acids is 1. The second-order valence-electron chi connectivity index (χ2n) is 10.5. The quantitative estimate of drug-likeness (QED) is 0.0884. The number of carbonyl (C=O) groups is 1. The molecular weight excluding hydrogens is 594 g/mol. The van der Waals surface area contributed by atoms with E-state index in [0.717, 1.165) is 36.2 Å². The third-order valence-electron chi connectivity index (χ3n) is 7.34. The van der Waals surface area contributed by atoms with Crippen LogP contribution in [0.1, 0.15) is 55.8 Å². The van der Waals surface area contributed by atoms with Crippen LogP contribution < -0.4 is 24.4 Å². The molecule has 0 N–H and O–H groups in total. The number of nitro groups is 1. The number of hydrogen-bond donors (Lipinski definition) is 0. The SMILES string of the molecule is CCCCCOc1ccc(C2C(C(=O)OCc3ccccc3)=C(C)N=c3sc(=Cc4cccc([N+](=O)[O-])c4)c(=O)n32)cc1OC. The van der Waals surface area contributed by atoms with Crippen molar-refractivity contribution in [3.8, 4) is 11.5 Å². The minimum Gasteiger partial charge on any atom is -0.493 e. The topological polar surface area (TPSA) is 122 Å². The molecule has 1 aliphatic heterocycles. The number of non-ortho nitro benzene ring substituents is 1. The van der Waals surface area contributed by atoms with Crippen molar-refractivity contribution in [2.24, 2.45) is 4.99 Å². The van der Waals surface area contributed by atoms with Crippen LogP contribution >= 0.6 is 11.3 Å². The first kappa shape index (κ1) is 31.4. The van der Waals surface area contributed by atoms with E-state index < -0.39 is 22.5 Å². The summed E-state index contributed by atoms with van der Waals surface area (Å²) in [5, 5.41) is 11.3. The van der Waals surface area contributed by atoms with Crippen LogP contribution in [-0.2, 0) is 16.1 Å². The molecule has 3 aromatic carbocycles. The summed E-state index contributed by atoms with van der Waals surface area (Å²) in [6.07, 6.45) is 4.61. The third kappa shape index (κ3) is 7.04. The van der Waals surface area contributed by atoms with Gasteiger partial charge in [-0.3, -0.25) is 19.5 Å². The Morgan fingerprint density at radius 1 is 1.07 bits per heavy atom. The molecule has 5 rings (SSSR count). The minimum atomic E-state index is -0.875. The molecule has 4 aromatic rings. The summed E-state index contributed by atoms with van der Waals surface area (Å²) in [4.78, 5) is 43.6. The molecule has 0 bridgehead atoms. The van der Waals surface area contributed by atoms with Gasteiger partial charge in [0.25, 0.3) is 11.2 Å². The first-order valence-electron chi connectivity index (χ1n) is 14.6. The molecule has 1 aromatic heterocycles. The standard InChI is InChI=1S/C34H33N3O7S/c1-4-5-9-17-43-27-16-15-25(20-28(27)42-3)31-30(33(39)44-21-23-11-7-6-8-12-23)22(2)35-34-36(31)32(38)29(45-34)19-24-13-10-14-26(18-24)37(40)41/h6-8,10-16,18-20,31H,4-5,9,17,21H2,1-3H3. The second-order valence-corrected chi connectivity index (χ2v) is 11.5. The monoisotopic (exact) mass is 627 g/mol. The molecule has 0 saturated carbocycles. The van der Waals surface area contributed by atoms with Crippen molar-refractivity contribution in [1.29, 1.82) is 0 Å². The molecule has 1 aliphatic rings. The van der Waals surface area contributed by atoms with E-state index in [-0.39, 0.29) is 17.9 Å². The Kier molecular flexibility index (Phi) is 9.89. The van der Waals surface area contributed by atoms with Crippen LogP contribution in [0.3, 0.4) is 0 Å². The average molecular weight is 628 g/mol. The Labute approximate surface area is 263 Å². The first-order chi connectivity index (χ1) is 21.8. The molecule has 1 unspecified atom stereocenters. The predicted octanol–water partition coefficient (Wildman–Crippen LogP) is 5.46. The number of nitro benzene ring substituents is 1. The van der Waals surface area contributed by atoms with E-state index >= 15 is 0 Å². The predicted molar refractivity (Wildman–Crippen MR) is 171 cm³/mol. The Morgan fingerprint density at radius 2 is 1.87 bits per heavy atom. The molecule has 45 heavy (non-hydrogen) atoms. The van der Waals surface area contributed by atoms with Gasteiger partial charge in [0.05, 0.1) is 40.5 Å². The van der Waals surface area contributed by atoms with Crippen molar-refractivity contribution in [1.82, 2.24) is 4.57 Å². The van der Waals surface area contributed by atoms with Crippen LogP contribution in [0.5, 0.6) is 11.5 Å². The summed E-state index contributed by atoms with van der Waals surface area (Å²) in [5.41, 5.74) is 2.08. The highest BCUT2D eigenvalue weighted by molar-refractivity contribution is 7.07. The van der Waals surface area contributed by atoms with E-state index in [2.05, 4.69) is 11.9 Å². The molecule has 0 saturated heterocycles. The molecule has 0 aliphatic carbocycles. The van der Waals surface area contributed by atoms with Gasteiger partial charge >= 0.3 is 5.97 Å². The van der Waals surface area contributed by atoms with Gasteiger partial charge in [0.2, 0.25) is 0 Å². The molecule has 10 nitrogen and oxygen atoms in total. The Bertz CT molecular complexity index is 1930. The molecular formula is C34H33N3O7S. The summed E-state index contributed by atoms with van der Waals surface area (Å²) >= 11 is 1.14. The summed E-state index contributed by atoms with van der Waals surface area (Å²) in [6, 6.07) is 19.8. The largest absolute Gasteiger partial charge is 0.493 e. The highest BCUT2D eigenvalue weighted by Crippen LogP contribution is 2.36. The van der Waals surface area contributed by atoms with Crippen LogP contribution in [0, 0.1) is 10.1 Å². The van der Waals surface area contributed by atoms with Crippen LogP contribution in [0.2, 0.25) is 0 Å². The number of benzene rings is 3. The highest BCUT2D eigenvalue weighted by atomic mass is 32.1. The number of hydrogen-bond acceptors (Lipinski definition) is 9. The fraction of sp³-hybridized carbons (Fsp3) is 0.265. The number of rotatable bonds is 12. The fourth-order valence-corrected chi connectivity index (χ4v) is 6.13. The second kappa shape index (κ2) is 14.2. The van der Waals surface area contributed by atoms with Gasteiger partial charge in [0.15, 0.2) is 16.3 Å². The molecule has 0 fully saturated rings. The number of nitrogens with zero attached hydrogens (tertiary/aromatic N) is 3. The van der Waals surface area contributed by atoms with Gasteiger partial charge in [-0.2, -0.15) is 0 Å². The van der Waals surface area contributed by atoms with Crippen LogP contribution in [0.15, 0.2) is 93.9 Å². The molecule has 0 amide bonds. The number of ether oxygens (including phenoxy) is 3. The van der Waals surface area contributed by atoms with Gasteiger partial charge in [0, 0.05) is 12.1 Å². The lowest BCUT2D eigenvalue weighted by Crippen LogP contribution is -2.39. The van der Waals surface area contributed by atoms with Gasteiger partial charge in [-0.25, -0.2) is 9.79 Å². The van der Waals surface area contributed by atoms with Crippen molar-refractivity contribution in [2.75, 3.05) is 13.7 Å². The maximum absolute atomic E-state index is 14.0. The zero-order valence-electron chi connectivity index (χ0n) is 25.2. The van der Waals surface area contributed by atoms with Crippen molar-refractivity contribution in [3.63, 3.8) is 0 Å². The van der Waals surface area contributed by atoms with Gasteiger partial charge in [0.1, 0.15) is 6.61 Å². The van der Waals surface area contributed by atoms with Crippen molar-refractivity contribution in [2.45, 2.75) is 45.8 Å². The Hall–Kier alpha value is -5.03. The van der Waals surface area contributed by atoms with Gasteiger partial charge in [-0.05, 0) is 48.2 Å². The number of unbranched alkanes of at least 4 members (excludes halogenated alkanes) is 2. The third-order valence-corrected chi connectivity index (χ3v) is 8.32. The van der Waals surface area contributed by atoms with Crippen molar-refractivity contribution in [3.05, 3.63) is 131 Å². The fourth-order valence-electron chi connectivity index (χ4n) is 5.09. The number of esters is 1. The first-order valence-corrected chi connectivity index (χ1v) is 15.4. The lowest BCUT2D eigenvalue weighted by Gasteiger charge is -2.25. The zero-order chi connectivity index (χ0) is 31.9. The van der Waals surface area contributed by atoms with Crippen molar-refractivity contribution < 1.29 is 23.9 Å². The van der Waals surface area contributed by atoms with E-state index in [1.807, 2.05) is 36.4 Å². The number of allylic oxidation sites excluding steroid dienone is 1. The Balaban J connectivity index is 1.60. The van der Waals surface area contributed by atoms with E-state index in [0.29, 0.717) is 44.3 Å². The molecule has 1 atom stereocenters. The summed E-state index contributed by atoms with van der Waals surface area (Å²) < 4.78 is 19.2. The van der Waals surface area contributed by atoms with Crippen LogP contribution in [0.4, 0.5) is 5.69 Å². The van der Waals surface area contributed by atoms with Gasteiger partial charge in [-0.15, -0.1) is 0 Å². The number of methoxy groups -OCH3 is 1. The van der Waals surface area contributed by atoms with Gasteiger partial charge < -0.3 is 14.2 Å². The van der Waals surface area contributed by atoms with Crippen molar-refractivity contribution >= 4 is 29.1 Å². The minimum absolute atomic E-state index is 0.0498. The van der Waals surface area contributed by atoms with E-state index in [9.17, 15) is 19.7 Å². The van der Waals surface area contributed by atoms with Gasteiger partial charge in [-0.1, -0.05) is 79.6 Å². The summed E-state index contributed by atoms with van der Waals surface area (Å²) in [7, 11) is 1.54. The molecule has 11 heteroatoms. The maximum Gasteiger partial charge on any atom is 0.338 e. The molecule has 2 heterocycles. The Morgan fingerprint density at radius 3 is 2.60 bits per heavy atom. The number of fused-ring (bicyclic) bond motifs is 1. The summed E-state index contributed by atoms with van der Waals surface area (Å²) in [5.74, 6) is 0.427. The molecule has 0 radical (unpaired) electrons. The van der Waals surface area contributed by atoms with E-state index in [1.54, 1.807) is 44.4 Å². The highest BCUT2D eigenvalue weighted by Gasteiger charge is 2.34. The maximum atomic E-state index is 14.0. The van der Waals surface area contributed by atoms with E-state index in [4.69, 9.17) is 14.2 Å². The van der Waals surface area contributed by atoms with E-state index in [1.165, 1.54) is 16.7 Å². The molecule has 232 valence electrons. The summed E-state index contributed by atoms with van der Waals surface area (Å²) in [6.45, 7) is 4.42. The lowest BCUT2D eigenvalue weighted by atomic mass is 9.95.